The van der Waals surface area contributed by atoms with E-state index < -0.39 is 15.2 Å². The van der Waals surface area contributed by atoms with Crippen molar-refractivity contribution in [3.8, 4) is 35.2 Å². The van der Waals surface area contributed by atoms with Crippen molar-refractivity contribution in [2.45, 2.75) is 13.1 Å². The van der Waals surface area contributed by atoms with Gasteiger partial charge in [0.1, 0.15) is 11.5 Å². The Kier molecular flexibility index (Phi) is 12.2. The van der Waals surface area contributed by atoms with Crippen LogP contribution in [0.25, 0.3) is 0 Å². The minimum Gasteiger partial charge on any atom is -0.425 e. The van der Waals surface area contributed by atoms with Crippen LogP contribution >= 0.6 is 15.2 Å². The molecule has 5 aromatic rings. The van der Waals surface area contributed by atoms with Gasteiger partial charge in [0.15, 0.2) is 0 Å². The fraction of sp³-hybridized carbons (Fsp3) is 0.100. The minimum absolute atomic E-state index is 0.237. The molecule has 0 saturated carbocycles. The van der Waals surface area contributed by atoms with Crippen LogP contribution < -0.4 is 19.7 Å². The molecule has 0 heterocycles. The zero-order valence-corrected chi connectivity index (χ0v) is 30.0. The first-order valence-corrected chi connectivity index (χ1v) is 19.9. The van der Waals surface area contributed by atoms with Crippen LogP contribution in [-0.4, -0.2) is 34.9 Å². The van der Waals surface area contributed by atoms with E-state index in [1.54, 1.807) is 97.1 Å². The summed E-state index contributed by atoms with van der Waals surface area (Å²) in [5.74, 6) is 12.2. The van der Waals surface area contributed by atoms with Crippen molar-refractivity contribution in [3.05, 3.63) is 166 Å². The molecule has 0 aliphatic carbocycles. The summed E-state index contributed by atoms with van der Waals surface area (Å²) >= 11 is 0. The van der Waals surface area contributed by atoms with Gasteiger partial charge in [0.25, 0.3) is 11.8 Å². The Bertz CT molecular complexity index is 2110. The number of rotatable bonds is 10. The Morgan fingerprint density at radius 1 is 0.538 bits per heavy atom. The van der Waals surface area contributed by atoms with Gasteiger partial charge in [-0.3, -0.25) is 9.59 Å². The highest BCUT2D eigenvalue weighted by Gasteiger charge is 2.12. The van der Waals surface area contributed by atoms with Crippen molar-refractivity contribution < 1.29 is 37.6 Å². The molecule has 4 N–H and O–H groups in total. The Hall–Kier alpha value is -5.86. The van der Waals surface area contributed by atoms with Gasteiger partial charge in [-0.1, -0.05) is 47.9 Å². The lowest BCUT2D eigenvalue weighted by atomic mass is 10.1. The average molecular weight is 733 g/mol. The van der Waals surface area contributed by atoms with Crippen LogP contribution in [-0.2, 0) is 22.2 Å². The summed E-state index contributed by atoms with van der Waals surface area (Å²) in [7, 11) is -7.26. The van der Waals surface area contributed by atoms with Crippen LogP contribution in [0.2, 0.25) is 0 Å². The van der Waals surface area contributed by atoms with Crippen LogP contribution in [0.3, 0.4) is 0 Å². The Balaban J connectivity index is 1.08. The molecule has 0 fully saturated rings. The highest BCUT2D eigenvalue weighted by Crippen LogP contribution is 2.38. The predicted molar refractivity (Wildman–Crippen MR) is 199 cm³/mol. The van der Waals surface area contributed by atoms with Gasteiger partial charge in [-0.15, -0.1) is 0 Å². The second-order valence-electron chi connectivity index (χ2n) is 11.7. The summed E-state index contributed by atoms with van der Waals surface area (Å²) in [5.41, 5.74) is 5.56. The average Bonchev–Trinajstić information content (AvgIpc) is 3.11. The third-order valence-electron chi connectivity index (χ3n) is 7.15. The topological polar surface area (TPSA) is 151 Å². The molecule has 262 valence electrons. The molecule has 2 unspecified atom stereocenters. The molecule has 0 aliphatic heterocycles. The van der Waals surface area contributed by atoms with Crippen LogP contribution in [0, 0.1) is 23.7 Å². The van der Waals surface area contributed by atoms with E-state index in [1.807, 2.05) is 24.3 Å². The zero-order valence-electron chi connectivity index (χ0n) is 28.2. The van der Waals surface area contributed by atoms with Gasteiger partial charge in [-0.05, 0) is 108 Å². The molecule has 0 aliphatic rings. The fourth-order valence-corrected chi connectivity index (χ4v) is 5.73. The van der Waals surface area contributed by atoms with Crippen molar-refractivity contribution in [1.29, 1.82) is 0 Å². The number of hydrogen-bond acceptors (Lipinski definition) is 6. The summed E-state index contributed by atoms with van der Waals surface area (Å²) < 4.78 is 32.7. The molecule has 0 radical (unpaired) electrons. The van der Waals surface area contributed by atoms with E-state index >= 15 is 0 Å². The molecular weight excluding hydrogens is 698 g/mol. The maximum Gasteiger partial charge on any atom is 0.373 e. The van der Waals surface area contributed by atoms with Crippen LogP contribution in [0.1, 0.15) is 54.1 Å². The van der Waals surface area contributed by atoms with Gasteiger partial charge in [0.05, 0.1) is 0 Å². The lowest BCUT2D eigenvalue weighted by molar-refractivity contribution is 0.0943. The lowest BCUT2D eigenvalue weighted by Crippen LogP contribution is -2.24. The highest BCUT2D eigenvalue weighted by molar-refractivity contribution is 7.52. The molecule has 52 heavy (non-hydrogen) atoms. The highest BCUT2D eigenvalue weighted by atomic mass is 31.2. The number of benzene rings is 5. The predicted octanol–water partition coefficient (Wildman–Crippen LogP) is 6.73. The number of carbonyl (C=O) groups is 2. The quantitative estimate of drug-likeness (QED) is 0.0912. The summed E-state index contributed by atoms with van der Waals surface area (Å²) in [5, 5.41) is 5.84. The Labute approximate surface area is 301 Å². The van der Waals surface area contributed by atoms with Gasteiger partial charge in [-0.2, -0.15) is 0 Å². The third kappa shape index (κ3) is 12.2. The molecule has 10 nitrogen and oxygen atoms in total. The van der Waals surface area contributed by atoms with E-state index in [0.717, 1.165) is 35.6 Å². The van der Waals surface area contributed by atoms with E-state index in [2.05, 4.69) is 34.3 Å². The molecular formula is C40H34N2O8P2. The number of nitrogens with one attached hydrogen (secondary N) is 2. The number of hydrogen-bond donors (Lipinski definition) is 4. The molecule has 0 spiro atoms. The van der Waals surface area contributed by atoms with Gasteiger partial charge >= 0.3 is 15.2 Å². The molecule has 5 aromatic carbocycles. The second-order valence-corrected chi connectivity index (χ2v) is 15.3. The van der Waals surface area contributed by atoms with Crippen LogP contribution in [0.5, 0.6) is 11.5 Å². The fourth-order valence-electron chi connectivity index (χ4n) is 4.71. The van der Waals surface area contributed by atoms with Crippen molar-refractivity contribution in [2.75, 3.05) is 13.3 Å². The van der Waals surface area contributed by atoms with Gasteiger partial charge in [0, 0.05) is 59.8 Å². The molecule has 0 bridgehead atoms. The van der Waals surface area contributed by atoms with Gasteiger partial charge < -0.3 is 29.5 Å². The molecule has 5 rings (SSSR count). The summed E-state index contributed by atoms with van der Waals surface area (Å²) in [4.78, 5) is 44.3. The Morgan fingerprint density at radius 3 is 1.15 bits per heavy atom. The smallest absolute Gasteiger partial charge is 0.373 e. The maximum atomic E-state index is 12.8. The van der Waals surface area contributed by atoms with E-state index in [4.69, 9.17) is 9.05 Å². The number of amides is 2. The van der Waals surface area contributed by atoms with Gasteiger partial charge in [-0.25, -0.2) is 9.13 Å². The third-order valence-corrected chi connectivity index (χ3v) is 8.25. The van der Waals surface area contributed by atoms with E-state index in [-0.39, 0.29) is 23.3 Å². The molecule has 2 amide bonds. The van der Waals surface area contributed by atoms with Crippen molar-refractivity contribution in [2.24, 2.45) is 0 Å². The SMILES string of the molecule is CP(=O)(O)Oc1ccc(C#Cc2ccc(C(=O)NCc3cccc(CNC(=O)c4ccc(C#Cc5ccc(OP(C)(=O)O)cc5)cc4)c3)cc2)cc1. The molecule has 0 saturated heterocycles. The van der Waals surface area contributed by atoms with E-state index in [9.17, 15) is 28.5 Å². The molecule has 12 heteroatoms. The monoisotopic (exact) mass is 732 g/mol. The molecule has 2 atom stereocenters. The van der Waals surface area contributed by atoms with E-state index in [1.165, 1.54) is 0 Å². The van der Waals surface area contributed by atoms with Crippen molar-refractivity contribution in [1.82, 2.24) is 10.6 Å². The van der Waals surface area contributed by atoms with Gasteiger partial charge in [0.2, 0.25) is 0 Å². The maximum absolute atomic E-state index is 12.8. The largest absolute Gasteiger partial charge is 0.425 e. The molecule has 0 aromatic heterocycles. The normalized spacial score (nSPS) is 12.7. The first-order valence-electron chi connectivity index (χ1n) is 15.9. The lowest BCUT2D eigenvalue weighted by Gasteiger charge is -2.09. The minimum atomic E-state index is -3.63. The number of carbonyl (C=O) groups excluding carboxylic acids is 2. The Morgan fingerprint density at radius 2 is 0.846 bits per heavy atom. The first-order chi connectivity index (χ1) is 24.8. The standard InChI is InChI=1S/C40H34N2O8P2/c1-51(45,46)49-37-22-14-31(15-23-37)8-6-29-10-18-35(19-11-29)39(43)41-27-33-4-3-5-34(26-33)28-42-40(44)36-20-12-30(13-21-36)7-9-32-16-24-38(25-17-32)50-52(2,47)48/h3-5,10-26H,27-28H2,1-2H3,(H,41,43)(H,42,44)(H,45,46)(H,47,48). The zero-order chi connectivity index (χ0) is 37.1. The van der Waals surface area contributed by atoms with E-state index in [0.29, 0.717) is 35.3 Å². The first kappa shape index (κ1) is 37.4. The van der Waals surface area contributed by atoms with Crippen LogP contribution in [0.15, 0.2) is 121 Å². The second kappa shape index (κ2) is 16.9. The summed E-state index contributed by atoms with van der Waals surface area (Å²) in [6.07, 6.45) is 0. The summed E-state index contributed by atoms with van der Waals surface area (Å²) in [6.45, 7) is 2.84. The van der Waals surface area contributed by atoms with Crippen molar-refractivity contribution in [3.63, 3.8) is 0 Å². The van der Waals surface area contributed by atoms with Crippen LogP contribution in [0.4, 0.5) is 0 Å². The van der Waals surface area contributed by atoms with Crippen molar-refractivity contribution >= 4 is 27.0 Å². The summed E-state index contributed by atoms with van der Waals surface area (Å²) in [6, 6.07) is 34.5.